The van der Waals surface area contributed by atoms with E-state index in [1.54, 1.807) is 0 Å². The third kappa shape index (κ3) is 5.57. The van der Waals surface area contributed by atoms with Crippen LogP contribution in [0.2, 0.25) is 0 Å². The highest BCUT2D eigenvalue weighted by Crippen LogP contribution is 2.25. The van der Waals surface area contributed by atoms with Crippen molar-refractivity contribution < 1.29 is 18.0 Å². The molecule has 7 nitrogen and oxygen atoms in total. The SMILES string of the molecule is CC1CCN(S(=O)(=O)c2ccc(C(=O)NCCNC(=O)C3CCCC3)cc2)CC1. The first kappa shape index (κ1) is 21.8. The molecule has 0 bridgehead atoms. The third-order valence-electron chi connectivity index (χ3n) is 5.93. The van der Waals surface area contributed by atoms with Crippen LogP contribution in [0.4, 0.5) is 0 Å². The summed E-state index contributed by atoms with van der Waals surface area (Å²) in [5.74, 6) is 0.452. The fourth-order valence-electron chi connectivity index (χ4n) is 3.95. The molecule has 1 aromatic rings. The highest BCUT2D eigenvalue weighted by atomic mass is 32.2. The number of carbonyl (C=O) groups excluding carboxylic acids is 2. The standard InChI is InChI=1S/C21H31N3O4S/c1-16-10-14-24(15-11-16)29(27,28)19-8-6-18(7-9-19)21(26)23-13-12-22-20(25)17-4-2-3-5-17/h6-9,16-17H,2-5,10-15H2,1H3,(H,22,25)(H,23,26). The second kappa shape index (κ2) is 9.71. The predicted molar refractivity (Wildman–Crippen MR) is 111 cm³/mol. The van der Waals surface area contributed by atoms with E-state index in [1.807, 2.05) is 0 Å². The molecule has 2 amide bonds. The lowest BCUT2D eigenvalue weighted by Gasteiger charge is -2.29. The minimum absolute atomic E-state index is 0.0680. The van der Waals surface area contributed by atoms with Crippen LogP contribution in [0.3, 0.4) is 0 Å². The van der Waals surface area contributed by atoms with Crippen molar-refractivity contribution in [2.75, 3.05) is 26.2 Å². The van der Waals surface area contributed by atoms with Gasteiger partial charge in [0.05, 0.1) is 4.90 Å². The van der Waals surface area contributed by atoms with Crippen LogP contribution in [0.15, 0.2) is 29.2 Å². The third-order valence-corrected chi connectivity index (χ3v) is 7.85. The Balaban J connectivity index is 1.47. The first-order chi connectivity index (χ1) is 13.9. The zero-order valence-electron chi connectivity index (χ0n) is 17.0. The Kier molecular flexibility index (Phi) is 7.29. The number of amides is 2. The highest BCUT2D eigenvalue weighted by molar-refractivity contribution is 7.89. The Bertz CT molecular complexity index is 809. The zero-order valence-corrected chi connectivity index (χ0v) is 17.8. The predicted octanol–water partition coefficient (Wildman–Crippen LogP) is 2.14. The van der Waals surface area contributed by atoms with Crippen LogP contribution in [-0.2, 0) is 14.8 Å². The van der Waals surface area contributed by atoms with E-state index < -0.39 is 10.0 Å². The molecule has 160 valence electrons. The van der Waals surface area contributed by atoms with Crippen LogP contribution in [0.5, 0.6) is 0 Å². The average molecular weight is 422 g/mol. The lowest BCUT2D eigenvalue weighted by atomic mass is 10.0. The topological polar surface area (TPSA) is 95.6 Å². The molecule has 0 unspecified atom stereocenters. The molecule has 0 radical (unpaired) electrons. The van der Waals surface area contributed by atoms with Gasteiger partial charge < -0.3 is 10.6 Å². The van der Waals surface area contributed by atoms with Crippen molar-refractivity contribution in [1.29, 1.82) is 0 Å². The van der Waals surface area contributed by atoms with E-state index in [-0.39, 0.29) is 22.6 Å². The van der Waals surface area contributed by atoms with Crippen LogP contribution in [-0.4, -0.2) is 50.7 Å². The summed E-state index contributed by atoms with van der Waals surface area (Å²) in [6.07, 6.45) is 5.86. The molecule has 8 heteroatoms. The van der Waals surface area contributed by atoms with Gasteiger partial charge >= 0.3 is 0 Å². The second-order valence-corrected chi connectivity index (χ2v) is 10.1. The number of benzene rings is 1. The minimum Gasteiger partial charge on any atom is -0.354 e. The van der Waals surface area contributed by atoms with Gasteiger partial charge in [-0.05, 0) is 55.9 Å². The molecule has 1 aromatic carbocycles. The van der Waals surface area contributed by atoms with E-state index in [1.165, 1.54) is 28.6 Å². The molecular formula is C21H31N3O4S. The molecule has 1 aliphatic carbocycles. The fourth-order valence-corrected chi connectivity index (χ4v) is 5.42. The normalized spacial score (nSPS) is 19.2. The van der Waals surface area contributed by atoms with Gasteiger partial charge in [0, 0.05) is 37.7 Å². The molecule has 29 heavy (non-hydrogen) atoms. The van der Waals surface area contributed by atoms with Gasteiger partial charge in [-0.2, -0.15) is 4.31 Å². The van der Waals surface area contributed by atoms with Crippen molar-refractivity contribution in [2.45, 2.75) is 50.3 Å². The molecule has 2 N–H and O–H groups in total. The number of hydrogen-bond acceptors (Lipinski definition) is 4. The van der Waals surface area contributed by atoms with E-state index in [9.17, 15) is 18.0 Å². The van der Waals surface area contributed by atoms with E-state index in [0.717, 1.165) is 38.5 Å². The fraction of sp³-hybridized carbons (Fsp3) is 0.619. The van der Waals surface area contributed by atoms with Gasteiger partial charge in [-0.15, -0.1) is 0 Å². The van der Waals surface area contributed by atoms with Crippen LogP contribution >= 0.6 is 0 Å². The number of carbonyl (C=O) groups is 2. The van der Waals surface area contributed by atoms with Crippen molar-refractivity contribution in [1.82, 2.24) is 14.9 Å². The van der Waals surface area contributed by atoms with Gasteiger partial charge in [0.15, 0.2) is 0 Å². The Morgan fingerprint density at radius 3 is 2.17 bits per heavy atom. The van der Waals surface area contributed by atoms with Crippen LogP contribution < -0.4 is 10.6 Å². The smallest absolute Gasteiger partial charge is 0.251 e. The Morgan fingerprint density at radius 1 is 0.966 bits per heavy atom. The van der Waals surface area contributed by atoms with Gasteiger partial charge in [0.1, 0.15) is 0 Å². The second-order valence-electron chi connectivity index (χ2n) is 8.14. The number of piperidine rings is 1. The summed E-state index contributed by atoms with van der Waals surface area (Å²) in [6.45, 7) is 3.94. The molecular weight excluding hydrogens is 390 g/mol. The highest BCUT2D eigenvalue weighted by Gasteiger charge is 2.28. The Morgan fingerprint density at radius 2 is 1.55 bits per heavy atom. The molecule has 1 heterocycles. The molecule has 2 aliphatic rings. The van der Waals surface area contributed by atoms with Crippen molar-refractivity contribution in [3.8, 4) is 0 Å². The molecule has 2 fully saturated rings. The monoisotopic (exact) mass is 421 g/mol. The van der Waals surface area contributed by atoms with Crippen molar-refractivity contribution in [3.05, 3.63) is 29.8 Å². The zero-order chi connectivity index (χ0) is 20.9. The maximum atomic E-state index is 12.7. The van der Waals surface area contributed by atoms with Gasteiger partial charge in [-0.25, -0.2) is 8.42 Å². The molecule has 1 aliphatic heterocycles. The van der Waals surface area contributed by atoms with Crippen molar-refractivity contribution in [2.24, 2.45) is 11.8 Å². The van der Waals surface area contributed by atoms with Crippen molar-refractivity contribution >= 4 is 21.8 Å². The Labute approximate surface area is 173 Å². The first-order valence-corrected chi connectivity index (χ1v) is 12.0. The van der Waals surface area contributed by atoms with Crippen LogP contribution in [0.25, 0.3) is 0 Å². The van der Waals surface area contributed by atoms with E-state index in [4.69, 9.17) is 0 Å². The summed E-state index contributed by atoms with van der Waals surface area (Å²) in [6, 6.07) is 6.05. The lowest BCUT2D eigenvalue weighted by Crippen LogP contribution is -2.38. The minimum atomic E-state index is -3.51. The summed E-state index contributed by atoms with van der Waals surface area (Å²) in [5.41, 5.74) is 0.401. The van der Waals surface area contributed by atoms with E-state index in [0.29, 0.717) is 37.7 Å². The van der Waals surface area contributed by atoms with Crippen LogP contribution in [0, 0.1) is 11.8 Å². The van der Waals surface area contributed by atoms with Gasteiger partial charge in [0.25, 0.3) is 5.91 Å². The maximum absolute atomic E-state index is 12.7. The van der Waals surface area contributed by atoms with Gasteiger partial charge in [-0.3, -0.25) is 9.59 Å². The number of sulfonamides is 1. The number of rotatable bonds is 7. The van der Waals surface area contributed by atoms with Gasteiger partial charge in [0.2, 0.25) is 15.9 Å². The molecule has 1 saturated heterocycles. The largest absolute Gasteiger partial charge is 0.354 e. The number of hydrogen-bond donors (Lipinski definition) is 2. The molecule has 0 spiro atoms. The summed E-state index contributed by atoms with van der Waals surface area (Å²) in [5, 5.41) is 5.62. The average Bonchev–Trinajstić information content (AvgIpc) is 3.26. The van der Waals surface area contributed by atoms with E-state index >= 15 is 0 Å². The van der Waals surface area contributed by atoms with Crippen molar-refractivity contribution in [3.63, 3.8) is 0 Å². The van der Waals surface area contributed by atoms with Gasteiger partial charge in [-0.1, -0.05) is 19.8 Å². The first-order valence-electron chi connectivity index (χ1n) is 10.5. The summed E-state index contributed by atoms with van der Waals surface area (Å²) >= 11 is 0. The molecule has 0 aromatic heterocycles. The summed E-state index contributed by atoms with van der Waals surface area (Å²) in [7, 11) is -3.51. The molecule has 0 atom stereocenters. The Hall–Kier alpha value is -1.93. The summed E-state index contributed by atoms with van der Waals surface area (Å²) < 4.78 is 27.0. The maximum Gasteiger partial charge on any atom is 0.251 e. The van der Waals surface area contributed by atoms with Crippen LogP contribution in [0.1, 0.15) is 55.8 Å². The molecule has 1 saturated carbocycles. The van der Waals surface area contributed by atoms with E-state index in [2.05, 4.69) is 17.6 Å². The lowest BCUT2D eigenvalue weighted by molar-refractivity contribution is -0.124. The quantitative estimate of drug-likeness (QED) is 0.660. The number of nitrogens with zero attached hydrogens (tertiary/aromatic N) is 1. The molecule has 3 rings (SSSR count). The summed E-state index contributed by atoms with van der Waals surface area (Å²) in [4.78, 5) is 24.4. The number of nitrogens with one attached hydrogen (secondary N) is 2.